The molecule has 4 rings (SSSR count). The molecule has 1 aromatic carbocycles. The normalized spacial score (nSPS) is 12.8. The molecule has 0 aliphatic carbocycles. The number of methoxy groups -OCH3 is 1. The fourth-order valence-corrected chi connectivity index (χ4v) is 6.05. The van der Waals surface area contributed by atoms with E-state index in [1.54, 1.807) is 34.1 Å². The van der Waals surface area contributed by atoms with Crippen molar-refractivity contribution in [1.29, 1.82) is 0 Å². The summed E-state index contributed by atoms with van der Waals surface area (Å²) < 4.78 is 13.0. The van der Waals surface area contributed by atoms with E-state index >= 15 is 0 Å². The number of nitrogens with one attached hydrogen (secondary N) is 1. The molecule has 0 spiro atoms. The highest BCUT2D eigenvalue weighted by atomic mass is 32.1. The topological polar surface area (TPSA) is 136 Å². The molecule has 0 unspecified atom stereocenters. The number of carboxylic acids is 1. The molecule has 1 amide bonds. The van der Waals surface area contributed by atoms with Crippen molar-refractivity contribution in [3.05, 3.63) is 58.2 Å². The number of aryl methyl sites for hydroxylation is 1. The third-order valence-electron chi connectivity index (χ3n) is 7.21. The highest BCUT2D eigenvalue weighted by molar-refractivity contribution is 7.10. The molecule has 0 aliphatic heterocycles. The minimum absolute atomic E-state index is 0.0249. The van der Waals surface area contributed by atoms with Gasteiger partial charge in [-0.1, -0.05) is 19.9 Å². The number of fused-ring (bicyclic) bond motifs is 1. The van der Waals surface area contributed by atoms with Gasteiger partial charge in [-0.3, -0.25) is 4.98 Å². The van der Waals surface area contributed by atoms with E-state index in [1.165, 1.54) is 11.3 Å². The summed E-state index contributed by atoms with van der Waals surface area (Å²) in [6, 6.07) is 9.03. The molecule has 10 nitrogen and oxygen atoms in total. The Morgan fingerprint density at radius 2 is 1.91 bits per heavy atom. The van der Waals surface area contributed by atoms with E-state index in [9.17, 15) is 19.8 Å². The van der Waals surface area contributed by atoms with Gasteiger partial charge in [-0.05, 0) is 69.4 Å². The van der Waals surface area contributed by atoms with Gasteiger partial charge in [-0.25, -0.2) is 14.6 Å². The van der Waals surface area contributed by atoms with E-state index in [1.807, 2.05) is 31.4 Å². The van der Waals surface area contributed by atoms with Crippen molar-refractivity contribution >= 4 is 34.3 Å². The fraction of sp³-hybridized carbons (Fsp3) is 0.455. The lowest BCUT2D eigenvalue weighted by Crippen LogP contribution is -2.44. The van der Waals surface area contributed by atoms with Crippen LogP contribution in [0.5, 0.6) is 0 Å². The number of nitrogens with zero attached hydrogens (tertiary/aromatic N) is 3. The Morgan fingerprint density at radius 1 is 1.16 bits per heavy atom. The minimum Gasteiger partial charge on any atom is -0.480 e. The molecule has 3 aromatic heterocycles. The van der Waals surface area contributed by atoms with Gasteiger partial charge >= 0.3 is 12.1 Å². The van der Waals surface area contributed by atoms with Crippen molar-refractivity contribution < 1.29 is 29.3 Å². The van der Waals surface area contributed by atoms with Crippen molar-refractivity contribution in [2.45, 2.75) is 79.2 Å². The van der Waals surface area contributed by atoms with Crippen LogP contribution in [-0.2, 0) is 40.3 Å². The lowest BCUT2D eigenvalue weighted by Gasteiger charge is -2.23. The Hall–Kier alpha value is -3.80. The largest absolute Gasteiger partial charge is 0.480 e. The van der Waals surface area contributed by atoms with Gasteiger partial charge in [0.15, 0.2) is 0 Å². The number of ether oxygens (including phenoxy) is 2. The maximum Gasteiger partial charge on any atom is 0.408 e. The average molecular weight is 623 g/mol. The second-order valence-electron chi connectivity index (χ2n) is 12.6. The average Bonchev–Trinajstić information content (AvgIpc) is 3.54. The number of carbonyl (C=O) groups is 2. The molecule has 0 radical (unpaired) electrons. The SMILES string of the molecule is CCn1c(-c2cccnc2COC)c(CC(C)(C)CO)c2cc(-c3csc(C[C@H](NC(=O)OC(C)(C)C)C(=O)O)n3)ccc21. The maximum absolute atomic E-state index is 12.2. The fourth-order valence-electron chi connectivity index (χ4n) is 5.20. The number of pyridine rings is 1. The number of carboxylic acid groups (broad SMARTS) is 1. The van der Waals surface area contributed by atoms with Crippen molar-refractivity contribution in [1.82, 2.24) is 19.9 Å². The number of amides is 1. The van der Waals surface area contributed by atoms with Crippen LogP contribution in [0.15, 0.2) is 41.9 Å². The van der Waals surface area contributed by atoms with Gasteiger partial charge in [0.1, 0.15) is 11.6 Å². The van der Waals surface area contributed by atoms with Crippen LogP contribution in [-0.4, -0.2) is 62.2 Å². The zero-order valence-electron chi connectivity index (χ0n) is 26.4. The molecule has 44 heavy (non-hydrogen) atoms. The first kappa shape index (κ1) is 33.1. The first-order chi connectivity index (χ1) is 20.8. The van der Waals surface area contributed by atoms with Crippen molar-refractivity contribution in [3.8, 4) is 22.5 Å². The number of aliphatic carboxylic acids is 1. The Kier molecular flexibility index (Phi) is 10.1. The molecule has 0 saturated carbocycles. The summed E-state index contributed by atoms with van der Waals surface area (Å²) in [5, 5.41) is 25.9. The number of aliphatic hydroxyl groups excluding tert-OH is 1. The molecule has 1 atom stereocenters. The Morgan fingerprint density at radius 3 is 2.55 bits per heavy atom. The van der Waals surface area contributed by atoms with Crippen LogP contribution in [0.1, 0.15) is 57.8 Å². The molecule has 11 heteroatoms. The number of carbonyl (C=O) groups excluding carboxylic acids is 1. The number of aliphatic hydroxyl groups is 1. The summed E-state index contributed by atoms with van der Waals surface area (Å²) in [6.07, 6.45) is 1.64. The smallest absolute Gasteiger partial charge is 0.408 e. The number of aromatic nitrogens is 3. The zero-order valence-corrected chi connectivity index (χ0v) is 27.2. The van der Waals surface area contributed by atoms with Crippen molar-refractivity contribution in [2.75, 3.05) is 13.7 Å². The Bertz CT molecular complexity index is 1630. The van der Waals surface area contributed by atoms with E-state index in [0.29, 0.717) is 23.7 Å². The molecular weight excluding hydrogens is 580 g/mol. The monoisotopic (exact) mass is 622 g/mol. The molecule has 3 N–H and O–H groups in total. The summed E-state index contributed by atoms with van der Waals surface area (Å²) >= 11 is 1.34. The quantitative estimate of drug-likeness (QED) is 0.173. The Balaban J connectivity index is 1.77. The van der Waals surface area contributed by atoms with Crippen molar-refractivity contribution in [2.24, 2.45) is 5.41 Å². The molecule has 0 bridgehead atoms. The van der Waals surface area contributed by atoms with Crippen LogP contribution >= 0.6 is 11.3 Å². The zero-order chi connectivity index (χ0) is 32.2. The number of rotatable bonds is 12. The predicted octanol–water partition coefficient (Wildman–Crippen LogP) is 6.07. The van der Waals surface area contributed by atoms with Gasteiger partial charge in [-0.15, -0.1) is 11.3 Å². The number of benzene rings is 1. The highest BCUT2D eigenvalue weighted by Gasteiger charge is 2.28. The van der Waals surface area contributed by atoms with Gasteiger partial charge in [0.2, 0.25) is 0 Å². The van der Waals surface area contributed by atoms with E-state index in [2.05, 4.69) is 40.0 Å². The summed E-state index contributed by atoms with van der Waals surface area (Å²) in [7, 11) is 1.66. The predicted molar refractivity (Wildman–Crippen MR) is 172 cm³/mol. The Labute approximate surface area is 262 Å². The minimum atomic E-state index is -1.18. The van der Waals surface area contributed by atoms with E-state index < -0.39 is 23.7 Å². The molecule has 236 valence electrons. The van der Waals surface area contributed by atoms with Gasteiger partial charge in [-0.2, -0.15) is 0 Å². The summed E-state index contributed by atoms with van der Waals surface area (Å²) in [5.74, 6) is -1.16. The number of hydrogen-bond donors (Lipinski definition) is 3. The second-order valence-corrected chi connectivity index (χ2v) is 13.5. The number of alkyl carbamates (subject to hydrolysis) is 1. The number of hydrogen-bond acceptors (Lipinski definition) is 8. The van der Waals surface area contributed by atoms with Gasteiger partial charge in [0, 0.05) is 60.3 Å². The summed E-state index contributed by atoms with van der Waals surface area (Å²) in [6.45, 7) is 12.5. The van der Waals surface area contributed by atoms with Crippen LogP contribution in [0.25, 0.3) is 33.4 Å². The van der Waals surface area contributed by atoms with Crippen LogP contribution < -0.4 is 5.32 Å². The molecular formula is C33H42N4O6S. The lowest BCUT2D eigenvalue weighted by molar-refractivity contribution is -0.139. The molecule has 0 aliphatic rings. The van der Waals surface area contributed by atoms with Crippen LogP contribution in [0.2, 0.25) is 0 Å². The standard InChI is InChI=1S/C33H42N4O6S/c1-8-37-27-12-11-20(26-18-44-28(35-26)15-24(30(39)40)36-31(41)43-32(2,3)4)14-22(27)23(16-33(5,6)19-38)29(37)21-10-9-13-34-25(21)17-42-7/h9-14,18,24,38H,8,15-17,19H2,1-7H3,(H,36,41)(H,39,40)/t24-/m0/s1. The van der Waals surface area contributed by atoms with Gasteiger partial charge in [0.05, 0.1) is 28.7 Å². The second kappa shape index (κ2) is 13.5. The van der Waals surface area contributed by atoms with Crippen LogP contribution in [0, 0.1) is 5.41 Å². The summed E-state index contributed by atoms with van der Waals surface area (Å²) in [4.78, 5) is 33.5. The van der Waals surface area contributed by atoms with Crippen LogP contribution in [0.3, 0.4) is 0 Å². The molecule has 0 saturated heterocycles. The molecule has 3 heterocycles. The number of thiazole rings is 1. The summed E-state index contributed by atoms with van der Waals surface area (Å²) in [5.41, 5.74) is 5.54. The third kappa shape index (κ3) is 7.64. The van der Waals surface area contributed by atoms with E-state index in [4.69, 9.17) is 14.5 Å². The van der Waals surface area contributed by atoms with Crippen LogP contribution in [0.4, 0.5) is 4.79 Å². The first-order valence-electron chi connectivity index (χ1n) is 14.6. The maximum atomic E-state index is 12.2. The van der Waals surface area contributed by atoms with Gasteiger partial charge in [0.25, 0.3) is 0 Å². The lowest BCUT2D eigenvalue weighted by atomic mass is 9.84. The van der Waals surface area contributed by atoms with E-state index in [0.717, 1.165) is 45.5 Å². The first-order valence-corrected chi connectivity index (χ1v) is 15.5. The van der Waals surface area contributed by atoms with Gasteiger partial charge < -0.3 is 29.6 Å². The van der Waals surface area contributed by atoms with Crippen molar-refractivity contribution in [3.63, 3.8) is 0 Å². The third-order valence-corrected chi connectivity index (χ3v) is 8.08. The highest BCUT2D eigenvalue weighted by Crippen LogP contribution is 2.40. The molecule has 4 aromatic rings. The molecule has 0 fully saturated rings. The van der Waals surface area contributed by atoms with E-state index in [-0.39, 0.29) is 18.4 Å².